The SMILES string of the molecule is CC[C@H]1OC(=O)[C@H](C)C(=O)[C@H](C)[C@@H](OC2CC(C)CC(N(C)C)C2C)[C@@H](C)C[C@@H](C)C(=O)CC=C1C. The maximum atomic E-state index is 13.6. The van der Waals surface area contributed by atoms with E-state index < -0.39 is 23.9 Å². The van der Waals surface area contributed by atoms with Crippen molar-refractivity contribution in [2.75, 3.05) is 14.1 Å². The second kappa shape index (κ2) is 13.3. The van der Waals surface area contributed by atoms with E-state index in [4.69, 9.17) is 9.47 Å². The molecule has 0 spiro atoms. The molecule has 1 aliphatic carbocycles. The molecule has 6 nitrogen and oxygen atoms in total. The molecule has 0 saturated heterocycles. The molecule has 1 saturated carbocycles. The molecule has 6 heteroatoms. The third kappa shape index (κ3) is 7.50. The van der Waals surface area contributed by atoms with Crippen LogP contribution in [0.5, 0.6) is 0 Å². The summed E-state index contributed by atoms with van der Waals surface area (Å²) in [6.07, 6.45) is 4.76. The third-order valence-electron chi connectivity index (χ3n) is 8.79. The van der Waals surface area contributed by atoms with E-state index in [1.165, 1.54) is 0 Å². The van der Waals surface area contributed by atoms with Gasteiger partial charge in [0.1, 0.15) is 17.8 Å². The zero-order valence-electron chi connectivity index (χ0n) is 24.4. The minimum absolute atomic E-state index is 0.00948. The highest BCUT2D eigenvalue weighted by Crippen LogP contribution is 2.37. The average molecular weight is 506 g/mol. The van der Waals surface area contributed by atoms with E-state index in [-0.39, 0.29) is 35.6 Å². The summed E-state index contributed by atoms with van der Waals surface area (Å²) in [4.78, 5) is 41.8. The molecular formula is C30H51NO5. The number of cyclic esters (lactones) is 1. The van der Waals surface area contributed by atoms with Crippen LogP contribution in [0.25, 0.3) is 0 Å². The highest BCUT2D eigenvalue weighted by Gasteiger charge is 2.42. The Bertz CT molecular complexity index is 805. The lowest BCUT2D eigenvalue weighted by Gasteiger charge is -2.45. The zero-order valence-corrected chi connectivity index (χ0v) is 24.4. The number of allylic oxidation sites excluding steroid dienone is 1. The zero-order chi connectivity index (χ0) is 27.3. The molecule has 206 valence electrons. The summed E-state index contributed by atoms with van der Waals surface area (Å²) < 4.78 is 12.6. The Morgan fingerprint density at radius 2 is 1.64 bits per heavy atom. The van der Waals surface area contributed by atoms with E-state index in [2.05, 4.69) is 39.8 Å². The van der Waals surface area contributed by atoms with Crippen molar-refractivity contribution in [2.24, 2.45) is 35.5 Å². The van der Waals surface area contributed by atoms with Crippen LogP contribution in [0.1, 0.15) is 87.5 Å². The summed E-state index contributed by atoms with van der Waals surface area (Å²) in [7, 11) is 4.24. The fourth-order valence-corrected chi connectivity index (χ4v) is 6.22. The van der Waals surface area contributed by atoms with Gasteiger partial charge in [-0.2, -0.15) is 0 Å². The van der Waals surface area contributed by atoms with E-state index in [0.29, 0.717) is 37.1 Å². The molecule has 0 aromatic carbocycles. The Morgan fingerprint density at radius 1 is 1.00 bits per heavy atom. The van der Waals surface area contributed by atoms with Crippen molar-refractivity contribution in [3.05, 3.63) is 11.6 Å². The van der Waals surface area contributed by atoms with Crippen LogP contribution in [0.4, 0.5) is 0 Å². The van der Waals surface area contributed by atoms with Crippen molar-refractivity contribution < 1.29 is 23.9 Å². The van der Waals surface area contributed by atoms with Gasteiger partial charge < -0.3 is 14.4 Å². The number of carbonyl (C=O) groups excluding carboxylic acids is 3. The third-order valence-corrected chi connectivity index (χ3v) is 8.79. The largest absolute Gasteiger partial charge is 0.457 e. The number of hydrogen-bond acceptors (Lipinski definition) is 6. The maximum absolute atomic E-state index is 13.6. The molecule has 4 unspecified atom stereocenters. The maximum Gasteiger partial charge on any atom is 0.316 e. The van der Waals surface area contributed by atoms with Crippen LogP contribution >= 0.6 is 0 Å². The van der Waals surface area contributed by atoms with Gasteiger partial charge >= 0.3 is 5.97 Å². The molecule has 1 heterocycles. The molecule has 36 heavy (non-hydrogen) atoms. The smallest absolute Gasteiger partial charge is 0.316 e. The fraction of sp³-hybridized carbons (Fsp3) is 0.833. The van der Waals surface area contributed by atoms with Crippen molar-refractivity contribution in [1.29, 1.82) is 0 Å². The normalized spacial score (nSPS) is 40.0. The van der Waals surface area contributed by atoms with Crippen molar-refractivity contribution in [1.82, 2.24) is 4.90 Å². The van der Waals surface area contributed by atoms with Crippen molar-refractivity contribution in [2.45, 2.75) is 112 Å². The van der Waals surface area contributed by atoms with E-state index >= 15 is 0 Å². The number of carbonyl (C=O) groups is 3. The van der Waals surface area contributed by atoms with Crippen LogP contribution in [0.15, 0.2) is 11.6 Å². The van der Waals surface area contributed by atoms with Crippen LogP contribution < -0.4 is 0 Å². The van der Waals surface area contributed by atoms with Crippen LogP contribution in [0.2, 0.25) is 0 Å². The van der Waals surface area contributed by atoms with E-state index in [1.54, 1.807) is 6.92 Å². The number of ketones is 2. The Kier molecular flexibility index (Phi) is 11.4. The summed E-state index contributed by atoms with van der Waals surface area (Å²) in [5.41, 5.74) is 0.862. The highest BCUT2D eigenvalue weighted by atomic mass is 16.5. The first-order valence-corrected chi connectivity index (χ1v) is 14.0. The second-order valence-electron chi connectivity index (χ2n) is 12.1. The van der Waals surface area contributed by atoms with Crippen LogP contribution in [-0.4, -0.2) is 60.9 Å². The molecule has 0 bridgehead atoms. The predicted octanol–water partition coefficient (Wildman–Crippen LogP) is 5.48. The standard InChI is InChI=1S/C30H51NO5/c1-11-26-18(3)12-13-25(32)19(4)16-20(5)29(22(7)28(33)23(8)30(34)36-26)35-27-15-17(2)14-24(21(27)6)31(9)10/h12,17,19-24,26-27,29H,11,13-16H2,1-10H3/t17?,19-,20+,21?,22+,23-,24?,26-,27?,29+/m1/s1. The van der Waals surface area contributed by atoms with Gasteiger partial charge in [0.2, 0.25) is 0 Å². The van der Waals surface area contributed by atoms with Gasteiger partial charge in [-0.05, 0) is 77.0 Å². The van der Waals surface area contributed by atoms with Crippen molar-refractivity contribution in [3.8, 4) is 0 Å². The molecule has 0 N–H and O–H groups in total. The first-order valence-electron chi connectivity index (χ1n) is 14.0. The molecule has 2 rings (SSSR count). The minimum Gasteiger partial charge on any atom is -0.457 e. The van der Waals surface area contributed by atoms with Crippen LogP contribution in [0, 0.1) is 35.5 Å². The van der Waals surface area contributed by atoms with E-state index in [0.717, 1.165) is 18.4 Å². The Balaban J connectivity index is 2.40. The number of ether oxygens (including phenoxy) is 2. The molecule has 10 atom stereocenters. The molecule has 2 aliphatic rings. The summed E-state index contributed by atoms with van der Waals surface area (Å²) in [5, 5.41) is 0. The lowest BCUT2D eigenvalue weighted by atomic mass is 9.76. The van der Waals surface area contributed by atoms with Gasteiger partial charge in [0.15, 0.2) is 5.78 Å². The predicted molar refractivity (Wildman–Crippen MR) is 144 cm³/mol. The molecule has 0 radical (unpaired) electrons. The number of esters is 1. The van der Waals surface area contributed by atoms with Gasteiger partial charge in [-0.3, -0.25) is 14.4 Å². The first kappa shape index (κ1) is 30.7. The molecule has 0 aromatic heterocycles. The highest BCUT2D eigenvalue weighted by molar-refractivity contribution is 6.00. The second-order valence-corrected chi connectivity index (χ2v) is 12.1. The van der Waals surface area contributed by atoms with E-state index in [1.807, 2.05) is 33.8 Å². The van der Waals surface area contributed by atoms with Gasteiger partial charge in [0, 0.05) is 24.3 Å². The van der Waals surface area contributed by atoms with Gasteiger partial charge in [0.05, 0.1) is 12.2 Å². The Hall–Kier alpha value is -1.53. The lowest BCUT2D eigenvalue weighted by Crippen LogP contribution is -2.49. The number of Topliss-reactive ketones (excluding diaryl/α,β-unsaturated/α-hetero) is 2. The molecule has 0 aromatic rings. The first-order chi connectivity index (χ1) is 16.8. The Labute approximate surface area is 219 Å². The lowest BCUT2D eigenvalue weighted by molar-refractivity contribution is -0.160. The van der Waals surface area contributed by atoms with Crippen molar-refractivity contribution >= 4 is 17.5 Å². The Morgan fingerprint density at radius 3 is 2.22 bits per heavy atom. The average Bonchev–Trinajstić information content (AvgIpc) is 2.83. The summed E-state index contributed by atoms with van der Waals surface area (Å²) in [6.45, 7) is 15.9. The summed E-state index contributed by atoms with van der Waals surface area (Å²) in [6, 6.07) is 0.411. The molecule has 1 aliphatic heterocycles. The topological polar surface area (TPSA) is 72.9 Å². The minimum atomic E-state index is -0.862. The fourth-order valence-electron chi connectivity index (χ4n) is 6.22. The monoisotopic (exact) mass is 505 g/mol. The summed E-state index contributed by atoms with van der Waals surface area (Å²) in [5.74, 6) is -1.13. The number of nitrogens with zero attached hydrogens (tertiary/aromatic N) is 1. The van der Waals surface area contributed by atoms with Gasteiger partial charge in [0.25, 0.3) is 0 Å². The molecular weight excluding hydrogens is 454 g/mol. The van der Waals surface area contributed by atoms with E-state index in [9.17, 15) is 14.4 Å². The van der Waals surface area contributed by atoms with Crippen molar-refractivity contribution in [3.63, 3.8) is 0 Å². The quantitative estimate of drug-likeness (QED) is 0.286. The van der Waals surface area contributed by atoms with Gasteiger partial charge in [-0.25, -0.2) is 0 Å². The summed E-state index contributed by atoms with van der Waals surface area (Å²) >= 11 is 0. The molecule has 1 fully saturated rings. The van der Waals surface area contributed by atoms with Crippen LogP contribution in [-0.2, 0) is 23.9 Å². The number of rotatable bonds is 4. The van der Waals surface area contributed by atoms with Gasteiger partial charge in [-0.1, -0.05) is 47.6 Å². The van der Waals surface area contributed by atoms with Crippen LogP contribution in [0.3, 0.4) is 0 Å². The molecule has 0 amide bonds. The number of hydrogen-bond donors (Lipinski definition) is 0. The van der Waals surface area contributed by atoms with Gasteiger partial charge in [-0.15, -0.1) is 0 Å².